The van der Waals surface area contributed by atoms with Crippen molar-refractivity contribution in [3.8, 4) is 0 Å². The van der Waals surface area contributed by atoms with E-state index in [9.17, 15) is 4.39 Å². The number of piperidine rings is 1. The molecule has 0 radical (unpaired) electrons. The van der Waals surface area contributed by atoms with Crippen molar-refractivity contribution < 1.29 is 4.39 Å². The predicted octanol–water partition coefficient (Wildman–Crippen LogP) is 3.57. The van der Waals surface area contributed by atoms with Crippen LogP contribution in [-0.4, -0.2) is 13.1 Å². The zero-order chi connectivity index (χ0) is 12.3. The number of benzene rings is 1. The topological polar surface area (TPSA) is 12.0 Å². The van der Waals surface area contributed by atoms with Crippen LogP contribution in [0.25, 0.3) is 0 Å². The fourth-order valence-electron chi connectivity index (χ4n) is 2.57. The molecule has 1 nitrogen and oxygen atoms in total. The maximum absolute atomic E-state index is 13.3. The molecule has 1 aliphatic heterocycles. The van der Waals surface area contributed by atoms with Crippen LogP contribution in [0.1, 0.15) is 42.6 Å². The second-order valence-corrected chi connectivity index (χ2v) is 5.22. The maximum Gasteiger partial charge on any atom is 0.122 e. The number of aryl methyl sites for hydroxylation is 1. The molecule has 0 saturated carbocycles. The van der Waals surface area contributed by atoms with Gasteiger partial charge in [-0.25, -0.2) is 4.39 Å². The second-order valence-electron chi connectivity index (χ2n) is 5.22. The second kappa shape index (κ2) is 5.63. The number of hydrogen-bond donors (Lipinski definition) is 1. The molecule has 1 aromatic carbocycles. The van der Waals surface area contributed by atoms with E-state index < -0.39 is 6.17 Å². The first-order valence-electron chi connectivity index (χ1n) is 6.61. The number of nitrogens with one attached hydrogen (secondary N) is 1. The molecule has 1 aromatic rings. The summed E-state index contributed by atoms with van der Waals surface area (Å²) in [6.45, 7) is 5.99. The van der Waals surface area contributed by atoms with Gasteiger partial charge in [0.2, 0.25) is 0 Å². The van der Waals surface area contributed by atoms with E-state index in [1.54, 1.807) is 6.92 Å². The summed E-state index contributed by atoms with van der Waals surface area (Å²) in [7, 11) is 0. The van der Waals surface area contributed by atoms with Crippen LogP contribution in [0.4, 0.5) is 4.39 Å². The molecule has 0 spiro atoms. The van der Waals surface area contributed by atoms with Gasteiger partial charge in [0.05, 0.1) is 0 Å². The highest BCUT2D eigenvalue weighted by atomic mass is 19.1. The van der Waals surface area contributed by atoms with E-state index in [-0.39, 0.29) is 0 Å². The molecule has 1 heterocycles. The molecule has 1 saturated heterocycles. The van der Waals surface area contributed by atoms with E-state index in [1.807, 2.05) is 6.07 Å². The molecule has 0 aliphatic carbocycles. The van der Waals surface area contributed by atoms with Crippen LogP contribution in [-0.2, 0) is 6.42 Å². The number of halogens is 1. The Morgan fingerprint density at radius 3 is 2.94 bits per heavy atom. The van der Waals surface area contributed by atoms with Gasteiger partial charge in [-0.2, -0.15) is 0 Å². The van der Waals surface area contributed by atoms with Gasteiger partial charge in [0.25, 0.3) is 0 Å². The lowest BCUT2D eigenvalue weighted by Gasteiger charge is -2.23. The van der Waals surface area contributed by atoms with E-state index in [1.165, 1.54) is 24.0 Å². The minimum absolute atomic E-state index is 0.715. The first kappa shape index (κ1) is 12.6. The van der Waals surface area contributed by atoms with Gasteiger partial charge in [0.1, 0.15) is 6.17 Å². The maximum atomic E-state index is 13.3. The first-order valence-corrected chi connectivity index (χ1v) is 6.61. The minimum Gasteiger partial charge on any atom is -0.316 e. The third-order valence-corrected chi connectivity index (χ3v) is 3.74. The first-order chi connectivity index (χ1) is 8.16. The van der Waals surface area contributed by atoms with Crippen molar-refractivity contribution in [3.05, 3.63) is 34.9 Å². The molecule has 1 aliphatic rings. The van der Waals surface area contributed by atoms with Gasteiger partial charge in [0.15, 0.2) is 0 Å². The Bertz CT molecular complexity index is 367. The van der Waals surface area contributed by atoms with Crippen LogP contribution in [0, 0.1) is 12.8 Å². The van der Waals surface area contributed by atoms with E-state index in [4.69, 9.17) is 0 Å². The molecule has 0 bridgehead atoms. The molecule has 0 amide bonds. The fraction of sp³-hybridized carbons (Fsp3) is 0.600. The molecule has 0 aromatic heterocycles. The highest BCUT2D eigenvalue weighted by Gasteiger charge is 2.15. The SMILES string of the molecule is Cc1ccc(C(C)F)cc1CC1CCCNC1. The molecule has 17 heavy (non-hydrogen) atoms. The molecule has 2 atom stereocenters. The molecule has 2 unspecified atom stereocenters. The van der Waals surface area contributed by atoms with Crippen molar-refractivity contribution >= 4 is 0 Å². The van der Waals surface area contributed by atoms with Gasteiger partial charge < -0.3 is 5.32 Å². The third-order valence-electron chi connectivity index (χ3n) is 3.74. The van der Waals surface area contributed by atoms with Crippen LogP contribution in [0.15, 0.2) is 18.2 Å². The summed E-state index contributed by atoms with van der Waals surface area (Å²) in [5, 5.41) is 3.44. The van der Waals surface area contributed by atoms with Crippen molar-refractivity contribution in [2.45, 2.75) is 39.3 Å². The predicted molar refractivity (Wildman–Crippen MR) is 70.0 cm³/mol. The van der Waals surface area contributed by atoms with Gasteiger partial charge in [-0.15, -0.1) is 0 Å². The molecular formula is C15H22FN. The van der Waals surface area contributed by atoms with Crippen LogP contribution >= 0.6 is 0 Å². The highest BCUT2D eigenvalue weighted by Crippen LogP contribution is 2.23. The summed E-state index contributed by atoms with van der Waals surface area (Å²) in [5.74, 6) is 0.715. The van der Waals surface area contributed by atoms with Crippen molar-refractivity contribution in [3.63, 3.8) is 0 Å². The molecule has 2 rings (SSSR count). The molecular weight excluding hydrogens is 213 g/mol. The van der Waals surface area contributed by atoms with Crippen molar-refractivity contribution in [2.24, 2.45) is 5.92 Å². The van der Waals surface area contributed by atoms with Crippen LogP contribution in [0.2, 0.25) is 0 Å². The van der Waals surface area contributed by atoms with Gasteiger partial charge >= 0.3 is 0 Å². The van der Waals surface area contributed by atoms with Crippen molar-refractivity contribution in [1.82, 2.24) is 5.32 Å². The standard InChI is InChI=1S/C15H22FN/c1-11-5-6-14(12(2)16)9-15(11)8-13-4-3-7-17-10-13/h5-6,9,12-13,17H,3-4,7-8,10H2,1-2H3. The lowest BCUT2D eigenvalue weighted by molar-refractivity contribution is 0.369. The van der Waals surface area contributed by atoms with E-state index in [0.29, 0.717) is 5.92 Å². The lowest BCUT2D eigenvalue weighted by Crippen LogP contribution is -2.31. The van der Waals surface area contributed by atoms with Gasteiger partial charge in [0, 0.05) is 0 Å². The monoisotopic (exact) mass is 235 g/mol. The fourth-order valence-corrected chi connectivity index (χ4v) is 2.57. The molecule has 94 valence electrons. The smallest absolute Gasteiger partial charge is 0.122 e. The lowest BCUT2D eigenvalue weighted by atomic mass is 9.89. The Morgan fingerprint density at radius 1 is 1.47 bits per heavy atom. The van der Waals surface area contributed by atoms with Crippen LogP contribution in [0.3, 0.4) is 0 Å². The summed E-state index contributed by atoms with van der Waals surface area (Å²) >= 11 is 0. The van der Waals surface area contributed by atoms with E-state index in [2.05, 4.69) is 24.4 Å². The average molecular weight is 235 g/mol. The Kier molecular flexibility index (Phi) is 4.16. The summed E-state index contributed by atoms with van der Waals surface area (Å²) in [4.78, 5) is 0. The molecule has 1 N–H and O–H groups in total. The zero-order valence-electron chi connectivity index (χ0n) is 10.8. The van der Waals surface area contributed by atoms with Crippen molar-refractivity contribution in [2.75, 3.05) is 13.1 Å². The van der Waals surface area contributed by atoms with E-state index in [0.717, 1.165) is 25.1 Å². The average Bonchev–Trinajstić information content (AvgIpc) is 2.33. The van der Waals surface area contributed by atoms with Crippen molar-refractivity contribution in [1.29, 1.82) is 0 Å². The van der Waals surface area contributed by atoms with Gasteiger partial charge in [-0.05, 0) is 68.8 Å². The number of hydrogen-bond acceptors (Lipinski definition) is 1. The summed E-state index contributed by atoms with van der Waals surface area (Å²) in [6, 6.07) is 6.01. The third kappa shape index (κ3) is 3.29. The van der Waals surface area contributed by atoms with Crippen LogP contribution in [0.5, 0.6) is 0 Å². The normalized spacial score (nSPS) is 22.4. The Balaban J connectivity index is 2.10. The zero-order valence-corrected chi connectivity index (χ0v) is 10.8. The van der Waals surface area contributed by atoms with Gasteiger partial charge in [-0.3, -0.25) is 0 Å². The summed E-state index contributed by atoms with van der Waals surface area (Å²) in [6.07, 6.45) is 2.78. The Morgan fingerprint density at radius 2 is 2.29 bits per heavy atom. The number of rotatable bonds is 3. The molecule has 2 heteroatoms. The largest absolute Gasteiger partial charge is 0.316 e. The van der Waals surface area contributed by atoms with Crippen LogP contribution < -0.4 is 5.32 Å². The summed E-state index contributed by atoms with van der Waals surface area (Å²) < 4.78 is 13.3. The summed E-state index contributed by atoms with van der Waals surface area (Å²) in [5.41, 5.74) is 3.43. The minimum atomic E-state index is -0.862. The Labute approximate surface area is 103 Å². The van der Waals surface area contributed by atoms with Gasteiger partial charge in [-0.1, -0.05) is 18.2 Å². The number of alkyl halides is 1. The quantitative estimate of drug-likeness (QED) is 0.844. The Hall–Kier alpha value is -0.890. The molecule has 1 fully saturated rings. The van der Waals surface area contributed by atoms with E-state index >= 15 is 0 Å². The highest BCUT2D eigenvalue weighted by molar-refractivity contribution is 5.32.